The highest BCUT2D eigenvalue weighted by Crippen LogP contribution is 2.16. The van der Waals surface area contributed by atoms with Gasteiger partial charge in [0.1, 0.15) is 5.84 Å². The number of nitrogens with zero attached hydrogens (tertiary/aromatic N) is 1. The highest BCUT2D eigenvalue weighted by atomic mass is 32.2. The number of rotatable bonds is 6. The van der Waals surface area contributed by atoms with Crippen molar-refractivity contribution in [3.05, 3.63) is 24.3 Å². The van der Waals surface area contributed by atoms with Gasteiger partial charge in [-0.15, -0.1) is 0 Å². The number of anilines is 1. The standard InChI is InChI=1S/C15H22N4O3S/c1-2-5-13(16)15(20)18-11-6-3-7-12(10-11)23(21,22)19-14-8-4-9-17-14/h3,6-7,10,13H,2,4-5,8-9,16H2,1H3,(H,17,19)(H,18,20). The molecule has 1 aromatic carbocycles. The zero-order valence-electron chi connectivity index (χ0n) is 13.1. The highest BCUT2D eigenvalue weighted by Gasteiger charge is 2.19. The first kappa shape index (κ1) is 17.4. The van der Waals surface area contributed by atoms with E-state index >= 15 is 0 Å². The highest BCUT2D eigenvalue weighted by molar-refractivity contribution is 7.90. The van der Waals surface area contributed by atoms with Crippen molar-refractivity contribution in [2.75, 3.05) is 11.9 Å². The lowest BCUT2D eigenvalue weighted by Crippen LogP contribution is -2.35. The van der Waals surface area contributed by atoms with Crippen molar-refractivity contribution in [2.24, 2.45) is 10.7 Å². The third kappa shape index (κ3) is 4.77. The van der Waals surface area contributed by atoms with Gasteiger partial charge in [-0.1, -0.05) is 19.4 Å². The maximum atomic E-state index is 12.3. The predicted octanol–water partition coefficient (Wildman–Crippen LogP) is 1.22. The lowest BCUT2D eigenvalue weighted by Gasteiger charge is -2.12. The van der Waals surface area contributed by atoms with Gasteiger partial charge < -0.3 is 11.1 Å². The Morgan fingerprint density at radius 3 is 2.87 bits per heavy atom. The largest absolute Gasteiger partial charge is 0.325 e. The number of aliphatic imine (C=N–C) groups is 1. The molecule has 1 heterocycles. The summed E-state index contributed by atoms with van der Waals surface area (Å²) in [5.41, 5.74) is 6.15. The van der Waals surface area contributed by atoms with Gasteiger partial charge >= 0.3 is 0 Å². The first-order chi connectivity index (χ1) is 10.9. The maximum Gasteiger partial charge on any atom is 0.262 e. The number of hydrogen-bond acceptors (Lipinski definition) is 5. The molecule has 0 bridgehead atoms. The lowest BCUT2D eigenvalue weighted by molar-refractivity contribution is -0.117. The molecule has 1 aliphatic rings. The number of carbonyl (C=O) groups excluding carboxylic acids is 1. The third-order valence-electron chi connectivity index (χ3n) is 3.47. The van der Waals surface area contributed by atoms with Crippen LogP contribution in [0, 0.1) is 0 Å². The van der Waals surface area contributed by atoms with Gasteiger partial charge in [0.2, 0.25) is 5.91 Å². The minimum Gasteiger partial charge on any atom is -0.325 e. The Balaban J connectivity index is 2.11. The minimum absolute atomic E-state index is 0.0777. The summed E-state index contributed by atoms with van der Waals surface area (Å²) in [6.07, 6.45) is 2.85. The van der Waals surface area contributed by atoms with Gasteiger partial charge in [0, 0.05) is 18.7 Å². The number of sulfonamides is 1. The van der Waals surface area contributed by atoms with Gasteiger partial charge in [-0.25, -0.2) is 8.42 Å². The van der Waals surface area contributed by atoms with Gasteiger partial charge in [-0.3, -0.25) is 14.5 Å². The Bertz CT molecular complexity index is 700. The molecule has 0 fully saturated rings. The molecule has 126 valence electrons. The monoisotopic (exact) mass is 338 g/mol. The molecular formula is C15H22N4O3S. The molecule has 0 spiro atoms. The number of amides is 1. The number of carbonyl (C=O) groups is 1. The fourth-order valence-electron chi connectivity index (χ4n) is 2.25. The van der Waals surface area contributed by atoms with E-state index in [1.807, 2.05) is 6.92 Å². The van der Waals surface area contributed by atoms with Crippen molar-refractivity contribution in [1.82, 2.24) is 4.72 Å². The van der Waals surface area contributed by atoms with Crippen LogP contribution in [0.3, 0.4) is 0 Å². The molecule has 1 aromatic rings. The maximum absolute atomic E-state index is 12.3. The minimum atomic E-state index is -3.70. The molecule has 7 nitrogen and oxygen atoms in total. The first-order valence-electron chi connectivity index (χ1n) is 7.65. The number of nitrogens with two attached hydrogens (primary N) is 1. The summed E-state index contributed by atoms with van der Waals surface area (Å²) < 4.78 is 27.1. The first-order valence-corrected chi connectivity index (χ1v) is 9.13. The quantitative estimate of drug-likeness (QED) is 0.723. The van der Waals surface area contributed by atoms with Crippen LogP contribution in [0.5, 0.6) is 0 Å². The van der Waals surface area contributed by atoms with Crippen LogP contribution >= 0.6 is 0 Å². The summed E-state index contributed by atoms with van der Waals surface area (Å²) in [7, 11) is -3.70. The van der Waals surface area contributed by atoms with Crippen molar-refractivity contribution < 1.29 is 13.2 Å². The van der Waals surface area contributed by atoms with Crippen LogP contribution < -0.4 is 15.8 Å². The second-order valence-electron chi connectivity index (χ2n) is 5.45. The fraction of sp³-hybridized carbons (Fsp3) is 0.467. The van der Waals surface area contributed by atoms with Crippen molar-refractivity contribution >= 4 is 27.5 Å². The summed E-state index contributed by atoms with van der Waals surface area (Å²) in [5.74, 6) is 0.152. The van der Waals surface area contributed by atoms with E-state index in [9.17, 15) is 13.2 Å². The second kappa shape index (κ2) is 7.56. The Morgan fingerprint density at radius 2 is 2.22 bits per heavy atom. The van der Waals surface area contributed by atoms with E-state index in [2.05, 4.69) is 15.0 Å². The Hall–Kier alpha value is -1.93. The average Bonchev–Trinajstić information content (AvgIpc) is 3.00. The van der Waals surface area contributed by atoms with Crippen molar-refractivity contribution in [1.29, 1.82) is 0 Å². The van der Waals surface area contributed by atoms with Crippen molar-refractivity contribution in [3.63, 3.8) is 0 Å². The molecule has 23 heavy (non-hydrogen) atoms. The summed E-state index contributed by atoms with van der Waals surface area (Å²) in [6, 6.07) is 5.48. The van der Waals surface area contributed by atoms with Crippen LogP contribution in [0.15, 0.2) is 34.2 Å². The molecule has 4 N–H and O–H groups in total. The summed E-state index contributed by atoms with van der Waals surface area (Å²) in [4.78, 5) is 16.1. The Kier molecular flexibility index (Phi) is 5.73. The topological polar surface area (TPSA) is 114 Å². The number of amidine groups is 1. The molecule has 1 unspecified atom stereocenters. The third-order valence-corrected chi connectivity index (χ3v) is 4.85. The molecule has 0 radical (unpaired) electrons. The molecule has 0 aliphatic carbocycles. The van der Waals surface area contributed by atoms with Crippen LogP contribution in [-0.2, 0) is 14.8 Å². The van der Waals surface area contributed by atoms with Gasteiger partial charge in [-0.05, 0) is 31.0 Å². The average molecular weight is 338 g/mol. The second-order valence-corrected chi connectivity index (χ2v) is 7.13. The summed E-state index contributed by atoms with van der Waals surface area (Å²) in [6.45, 7) is 2.58. The van der Waals surface area contributed by atoms with Gasteiger partial charge in [0.15, 0.2) is 0 Å². The molecule has 0 saturated carbocycles. The predicted molar refractivity (Wildman–Crippen MR) is 89.8 cm³/mol. The van der Waals surface area contributed by atoms with E-state index in [4.69, 9.17) is 5.73 Å². The van der Waals surface area contributed by atoms with Crippen LogP contribution in [-0.4, -0.2) is 32.7 Å². The van der Waals surface area contributed by atoms with Crippen LogP contribution in [0.4, 0.5) is 5.69 Å². The molecule has 1 atom stereocenters. The van der Waals surface area contributed by atoms with Crippen LogP contribution in [0.25, 0.3) is 0 Å². The van der Waals surface area contributed by atoms with E-state index < -0.39 is 16.1 Å². The normalized spacial score (nSPS) is 15.8. The Morgan fingerprint density at radius 1 is 1.43 bits per heavy atom. The van der Waals surface area contributed by atoms with Crippen molar-refractivity contribution in [3.8, 4) is 0 Å². The summed E-state index contributed by atoms with van der Waals surface area (Å²) >= 11 is 0. The van der Waals surface area contributed by atoms with Crippen LogP contribution in [0.2, 0.25) is 0 Å². The fourth-order valence-corrected chi connectivity index (χ4v) is 3.39. The molecule has 0 aromatic heterocycles. The SMILES string of the molecule is CCCC(N)C(=O)Nc1cccc(S(=O)(=O)NC2=NCCC2)c1. The zero-order valence-corrected chi connectivity index (χ0v) is 13.9. The van der Waals surface area contributed by atoms with E-state index in [0.717, 1.165) is 12.8 Å². The molecule has 2 rings (SSSR count). The number of hydrogen-bond donors (Lipinski definition) is 3. The Labute approximate surface area is 136 Å². The van der Waals surface area contributed by atoms with E-state index in [0.29, 0.717) is 30.9 Å². The molecule has 8 heteroatoms. The van der Waals surface area contributed by atoms with Gasteiger partial charge in [0.05, 0.1) is 10.9 Å². The van der Waals surface area contributed by atoms with Gasteiger partial charge in [-0.2, -0.15) is 0 Å². The smallest absolute Gasteiger partial charge is 0.262 e. The number of nitrogens with one attached hydrogen (secondary N) is 2. The van der Waals surface area contributed by atoms with Gasteiger partial charge in [0.25, 0.3) is 10.0 Å². The number of benzene rings is 1. The van der Waals surface area contributed by atoms with E-state index in [1.165, 1.54) is 12.1 Å². The summed E-state index contributed by atoms with van der Waals surface area (Å²) in [5, 5.41) is 2.65. The molecule has 1 amide bonds. The van der Waals surface area contributed by atoms with E-state index in [-0.39, 0.29) is 10.8 Å². The molecular weight excluding hydrogens is 316 g/mol. The molecule has 0 saturated heterocycles. The lowest BCUT2D eigenvalue weighted by atomic mass is 10.1. The van der Waals surface area contributed by atoms with E-state index in [1.54, 1.807) is 12.1 Å². The molecule has 1 aliphatic heterocycles. The van der Waals surface area contributed by atoms with Crippen molar-refractivity contribution in [2.45, 2.75) is 43.5 Å². The zero-order chi connectivity index (χ0) is 16.9. The van der Waals surface area contributed by atoms with Crippen LogP contribution in [0.1, 0.15) is 32.6 Å².